The van der Waals surface area contributed by atoms with Crippen LogP contribution in [0.4, 0.5) is 0 Å². The molecule has 3 nitrogen and oxygen atoms in total. The summed E-state index contributed by atoms with van der Waals surface area (Å²) in [5.74, 6) is 1.55. The number of benzene rings is 1. The summed E-state index contributed by atoms with van der Waals surface area (Å²) in [7, 11) is 1.76. The maximum Gasteiger partial charge on any atom is 0.119 e. The van der Waals surface area contributed by atoms with E-state index in [0.717, 1.165) is 44.8 Å². The molecule has 1 aromatic carbocycles. The van der Waals surface area contributed by atoms with Gasteiger partial charge in [-0.3, -0.25) is 0 Å². The van der Waals surface area contributed by atoms with Gasteiger partial charge in [0.2, 0.25) is 0 Å². The van der Waals surface area contributed by atoms with Gasteiger partial charge in [0.1, 0.15) is 5.75 Å². The smallest absolute Gasteiger partial charge is 0.119 e. The van der Waals surface area contributed by atoms with Crippen LogP contribution in [0, 0.1) is 5.92 Å². The summed E-state index contributed by atoms with van der Waals surface area (Å²) >= 11 is 0. The molecule has 3 heteroatoms. The number of ether oxygens (including phenoxy) is 2. The number of hydrogen-bond donors (Lipinski definition) is 1. The first-order valence-electron chi connectivity index (χ1n) is 7.68. The Hall–Kier alpha value is -1.06. The summed E-state index contributed by atoms with van der Waals surface area (Å²) in [6, 6.07) is 10.5. The van der Waals surface area contributed by atoms with Crippen molar-refractivity contribution in [2.75, 3.05) is 26.9 Å². The van der Waals surface area contributed by atoms with Gasteiger partial charge in [-0.25, -0.2) is 0 Å². The van der Waals surface area contributed by atoms with Crippen molar-refractivity contribution in [3.05, 3.63) is 30.3 Å². The van der Waals surface area contributed by atoms with Crippen LogP contribution < -0.4 is 10.1 Å². The normalized spacial score (nSPS) is 13.9. The molecule has 0 aromatic heterocycles. The first kappa shape index (κ1) is 17.0. The zero-order valence-electron chi connectivity index (χ0n) is 13.1. The average molecular weight is 279 g/mol. The fraction of sp³-hybridized carbons (Fsp3) is 0.647. The minimum Gasteiger partial charge on any atom is -0.494 e. The molecule has 114 valence electrons. The molecular weight excluding hydrogens is 250 g/mol. The van der Waals surface area contributed by atoms with Gasteiger partial charge in [0.05, 0.1) is 6.61 Å². The van der Waals surface area contributed by atoms with E-state index < -0.39 is 0 Å². The highest BCUT2D eigenvalue weighted by atomic mass is 16.5. The average Bonchev–Trinajstić information content (AvgIpc) is 2.49. The molecule has 0 aliphatic carbocycles. The first-order chi connectivity index (χ1) is 9.77. The van der Waals surface area contributed by atoms with Gasteiger partial charge in [-0.2, -0.15) is 0 Å². The molecule has 0 saturated carbocycles. The van der Waals surface area contributed by atoms with Gasteiger partial charge in [0.25, 0.3) is 0 Å². The van der Waals surface area contributed by atoms with Crippen LogP contribution in [0.3, 0.4) is 0 Å². The molecule has 0 fully saturated rings. The maximum absolute atomic E-state index is 5.80. The van der Waals surface area contributed by atoms with E-state index in [0.29, 0.717) is 12.0 Å². The number of para-hydroxylation sites is 1. The second kappa shape index (κ2) is 10.7. The van der Waals surface area contributed by atoms with E-state index >= 15 is 0 Å². The Bertz CT molecular complexity index is 329. The van der Waals surface area contributed by atoms with E-state index in [1.54, 1.807) is 7.11 Å². The van der Waals surface area contributed by atoms with Gasteiger partial charge in [-0.05, 0) is 43.9 Å². The third kappa shape index (κ3) is 6.92. The fourth-order valence-corrected chi connectivity index (χ4v) is 2.24. The van der Waals surface area contributed by atoms with E-state index in [2.05, 4.69) is 19.2 Å². The Kier molecular flexibility index (Phi) is 9.09. The number of rotatable bonds is 11. The van der Waals surface area contributed by atoms with Crippen molar-refractivity contribution < 1.29 is 9.47 Å². The Balaban J connectivity index is 2.35. The van der Waals surface area contributed by atoms with E-state index in [1.165, 1.54) is 0 Å². The van der Waals surface area contributed by atoms with Gasteiger partial charge >= 0.3 is 0 Å². The van der Waals surface area contributed by atoms with Gasteiger partial charge in [0, 0.05) is 19.8 Å². The summed E-state index contributed by atoms with van der Waals surface area (Å²) in [6.45, 7) is 7.13. The van der Waals surface area contributed by atoms with Crippen molar-refractivity contribution in [1.29, 1.82) is 0 Å². The molecule has 0 spiro atoms. The maximum atomic E-state index is 5.80. The molecule has 20 heavy (non-hydrogen) atoms. The molecule has 1 N–H and O–H groups in total. The predicted octanol–water partition coefficient (Wildman–Crippen LogP) is 3.50. The molecule has 1 rings (SSSR count). The van der Waals surface area contributed by atoms with Gasteiger partial charge < -0.3 is 14.8 Å². The third-order valence-corrected chi connectivity index (χ3v) is 3.56. The Labute approximate surface area is 123 Å². The lowest BCUT2D eigenvalue weighted by Crippen LogP contribution is -2.37. The summed E-state index contributed by atoms with van der Waals surface area (Å²) in [5, 5.41) is 3.63. The Morgan fingerprint density at radius 1 is 1.10 bits per heavy atom. The molecule has 0 aliphatic rings. The van der Waals surface area contributed by atoms with E-state index in [1.807, 2.05) is 30.3 Å². The topological polar surface area (TPSA) is 30.5 Å². The first-order valence-corrected chi connectivity index (χ1v) is 7.68. The van der Waals surface area contributed by atoms with Crippen molar-refractivity contribution in [3.8, 4) is 5.75 Å². The van der Waals surface area contributed by atoms with Crippen LogP contribution in [0.2, 0.25) is 0 Å². The SMILES string of the molecule is CCCNC(CCOc1ccccc1)C(C)CCOC. The highest BCUT2D eigenvalue weighted by Crippen LogP contribution is 2.14. The fourth-order valence-electron chi connectivity index (χ4n) is 2.24. The van der Waals surface area contributed by atoms with Crippen LogP contribution in [0.15, 0.2) is 30.3 Å². The summed E-state index contributed by atoms with van der Waals surface area (Å²) in [5.41, 5.74) is 0. The highest BCUT2D eigenvalue weighted by molar-refractivity contribution is 5.20. The summed E-state index contributed by atoms with van der Waals surface area (Å²) in [4.78, 5) is 0. The van der Waals surface area contributed by atoms with Crippen LogP contribution in [-0.4, -0.2) is 32.9 Å². The standard InChI is InChI=1S/C17H29NO2/c1-4-12-18-17(15(2)10-13-19-3)11-14-20-16-8-6-5-7-9-16/h5-9,15,17-18H,4,10-14H2,1-3H3. The Morgan fingerprint density at radius 2 is 1.85 bits per heavy atom. The molecule has 0 heterocycles. The van der Waals surface area contributed by atoms with Crippen LogP contribution >= 0.6 is 0 Å². The largest absolute Gasteiger partial charge is 0.494 e. The van der Waals surface area contributed by atoms with E-state index in [4.69, 9.17) is 9.47 Å². The van der Waals surface area contributed by atoms with Gasteiger partial charge in [0.15, 0.2) is 0 Å². The molecule has 0 radical (unpaired) electrons. The van der Waals surface area contributed by atoms with Crippen molar-refractivity contribution >= 4 is 0 Å². The van der Waals surface area contributed by atoms with Crippen LogP contribution in [0.25, 0.3) is 0 Å². The summed E-state index contributed by atoms with van der Waals surface area (Å²) < 4.78 is 11.0. The second-order valence-electron chi connectivity index (χ2n) is 5.27. The monoisotopic (exact) mass is 279 g/mol. The predicted molar refractivity (Wildman–Crippen MR) is 84.3 cm³/mol. The van der Waals surface area contributed by atoms with E-state index in [9.17, 15) is 0 Å². The van der Waals surface area contributed by atoms with Crippen LogP contribution in [-0.2, 0) is 4.74 Å². The van der Waals surface area contributed by atoms with Gasteiger partial charge in [-0.1, -0.05) is 32.0 Å². The lowest BCUT2D eigenvalue weighted by molar-refractivity contribution is 0.163. The van der Waals surface area contributed by atoms with Crippen molar-refractivity contribution in [2.24, 2.45) is 5.92 Å². The van der Waals surface area contributed by atoms with Crippen molar-refractivity contribution in [2.45, 2.75) is 39.2 Å². The van der Waals surface area contributed by atoms with Crippen molar-refractivity contribution in [3.63, 3.8) is 0 Å². The second-order valence-corrected chi connectivity index (χ2v) is 5.27. The molecule has 0 amide bonds. The van der Waals surface area contributed by atoms with Gasteiger partial charge in [-0.15, -0.1) is 0 Å². The number of methoxy groups -OCH3 is 1. The van der Waals surface area contributed by atoms with Crippen LogP contribution in [0.1, 0.15) is 33.1 Å². The zero-order chi connectivity index (χ0) is 14.6. The molecule has 0 aliphatic heterocycles. The zero-order valence-corrected chi connectivity index (χ0v) is 13.1. The molecule has 2 atom stereocenters. The molecule has 2 unspecified atom stereocenters. The molecule has 1 aromatic rings. The lowest BCUT2D eigenvalue weighted by Gasteiger charge is -2.25. The van der Waals surface area contributed by atoms with Crippen LogP contribution in [0.5, 0.6) is 5.75 Å². The number of nitrogens with one attached hydrogen (secondary N) is 1. The minimum absolute atomic E-state index is 0.494. The quantitative estimate of drug-likeness (QED) is 0.672. The minimum atomic E-state index is 0.494. The Morgan fingerprint density at radius 3 is 2.50 bits per heavy atom. The molecular formula is C17H29NO2. The molecule has 0 saturated heterocycles. The summed E-state index contributed by atoms with van der Waals surface area (Å²) in [6.07, 6.45) is 3.27. The number of hydrogen-bond acceptors (Lipinski definition) is 3. The molecule has 0 bridgehead atoms. The highest BCUT2D eigenvalue weighted by Gasteiger charge is 2.16. The lowest BCUT2D eigenvalue weighted by atomic mass is 9.96. The van der Waals surface area contributed by atoms with E-state index in [-0.39, 0.29) is 0 Å². The van der Waals surface area contributed by atoms with Crippen molar-refractivity contribution in [1.82, 2.24) is 5.32 Å². The third-order valence-electron chi connectivity index (χ3n) is 3.56.